The van der Waals surface area contributed by atoms with Crippen LogP contribution in [0, 0.1) is 6.92 Å². The van der Waals surface area contributed by atoms with Crippen LogP contribution < -0.4 is 5.56 Å². The number of aromatic amines is 1. The van der Waals surface area contributed by atoms with Crippen molar-refractivity contribution in [2.24, 2.45) is 0 Å². The Morgan fingerprint density at radius 1 is 1.27 bits per heavy atom. The summed E-state index contributed by atoms with van der Waals surface area (Å²) in [4.78, 5) is 32.7. The molecule has 154 valence electrons. The summed E-state index contributed by atoms with van der Waals surface area (Å²) in [6.07, 6.45) is 11.1. The van der Waals surface area contributed by atoms with E-state index in [1.165, 1.54) is 11.3 Å². The van der Waals surface area contributed by atoms with Crippen LogP contribution in [0.5, 0.6) is 0 Å². The van der Waals surface area contributed by atoms with Gasteiger partial charge in [-0.15, -0.1) is 0 Å². The van der Waals surface area contributed by atoms with Crippen LogP contribution in [0.15, 0.2) is 47.8 Å². The summed E-state index contributed by atoms with van der Waals surface area (Å²) >= 11 is 0. The highest BCUT2D eigenvalue weighted by atomic mass is 16.2. The number of nitrogens with one attached hydrogen (secondary N) is 1. The lowest BCUT2D eigenvalue weighted by atomic mass is 9.77. The molecule has 1 atom stereocenters. The molecule has 3 aromatic rings. The second kappa shape index (κ2) is 7.23. The molecule has 0 radical (unpaired) electrons. The minimum Gasteiger partial charge on any atom is -0.338 e. The van der Waals surface area contributed by atoms with E-state index in [-0.39, 0.29) is 22.4 Å². The fraction of sp³-hybridized carbons (Fsp3) is 0.391. The largest absolute Gasteiger partial charge is 0.338 e. The van der Waals surface area contributed by atoms with Gasteiger partial charge in [0.15, 0.2) is 0 Å². The number of pyridine rings is 2. The first-order chi connectivity index (χ1) is 14.6. The van der Waals surface area contributed by atoms with Crippen LogP contribution in [0.4, 0.5) is 0 Å². The predicted octanol–water partition coefficient (Wildman–Crippen LogP) is 2.44. The number of likely N-dealkylation sites (tertiary alicyclic amines) is 1. The van der Waals surface area contributed by atoms with Gasteiger partial charge in [-0.1, -0.05) is 6.07 Å². The van der Waals surface area contributed by atoms with Crippen molar-refractivity contribution in [1.82, 2.24) is 24.6 Å². The van der Waals surface area contributed by atoms with Crippen LogP contribution in [0.1, 0.15) is 52.0 Å². The Morgan fingerprint density at radius 3 is 3.00 bits per heavy atom. The number of rotatable bonds is 3. The molecule has 1 saturated heterocycles. The zero-order valence-corrected chi connectivity index (χ0v) is 17.1. The van der Waals surface area contributed by atoms with E-state index in [1.807, 2.05) is 36.2 Å². The van der Waals surface area contributed by atoms with E-state index in [0.717, 1.165) is 36.8 Å². The molecule has 1 spiro atoms. The highest BCUT2D eigenvalue weighted by Crippen LogP contribution is 2.44. The first-order valence-electron chi connectivity index (χ1n) is 10.5. The van der Waals surface area contributed by atoms with Crippen molar-refractivity contribution in [2.75, 3.05) is 13.1 Å². The van der Waals surface area contributed by atoms with Gasteiger partial charge in [0.25, 0.3) is 11.5 Å². The van der Waals surface area contributed by atoms with Gasteiger partial charge in [-0.25, -0.2) is 0 Å². The number of carbonyl (C=O) groups is 1. The molecule has 2 aliphatic rings. The minimum atomic E-state index is -0.239. The summed E-state index contributed by atoms with van der Waals surface area (Å²) < 4.78 is 1.60. The molecule has 7 nitrogen and oxygen atoms in total. The topological polar surface area (TPSA) is 83.9 Å². The standard InChI is InChI=1S/C23H25N5O2/c1-16-6-11-27(14-17-4-2-9-24-12-17)21(29)19(16)22(30)28-10-3-7-23(15-28)8-5-18-13-25-26-20(18)23/h2,4,6,9,11-13H,3,5,7-8,10,14-15H2,1H3,(H,25,26). The van der Waals surface area contributed by atoms with Crippen LogP contribution >= 0.6 is 0 Å². The molecule has 1 fully saturated rings. The van der Waals surface area contributed by atoms with Crippen LogP contribution in [0.3, 0.4) is 0 Å². The molecular weight excluding hydrogens is 378 g/mol. The van der Waals surface area contributed by atoms with Crippen LogP contribution in [-0.2, 0) is 18.4 Å². The number of aryl methyl sites for hydroxylation is 2. The van der Waals surface area contributed by atoms with Crippen LogP contribution in [0.2, 0.25) is 0 Å². The quantitative estimate of drug-likeness (QED) is 0.728. The molecule has 0 saturated carbocycles. The van der Waals surface area contributed by atoms with Crippen molar-refractivity contribution in [3.05, 3.63) is 81.3 Å². The van der Waals surface area contributed by atoms with E-state index >= 15 is 0 Å². The van der Waals surface area contributed by atoms with Crippen molar-refractivity contribution in [1.29, 1.82) is 0 Å². The zero-order valence-electron chi connectivity index (χ0n) is 17.1. The highest BCUT2D eigenvalue weighted by molar-refractivity contribution is 5.95. The third-order valence-corrected chi connectivity index (χ3v) is 6.65. The molecule has 3 aromatic heterocycles. The number of carbonyl (C=O) groups excluding carboxylic acids is 1. The number of piperidine rings is 1. The Balaban J connectivity index is 1.45. The summed E-state index contributed by atoms with van der Waals surface area (Å²) in [7, 11) is 0. The van der Waals surface area contributed by atoms with Crippen molar-refractivity contribution in [3.63, 3.8) is 0 Å². The van der Waals surface area contributed by atoms with Gasteiger partial charge in [-0.05, 0) is 61.4 Å². The number of aromatic nitrogens is 4. The predicted molar refractivity (Wildman–Crippen MR) is 113 cm³/mol. The van der Waals surface area contributed by atoms with Gasteiger partial charge in [0.05, 0.1) is 12.7 Å². The smallest absolute Gasteiger partial charge is 0.263 e. The van der Waals surface area contributed by atoms with Crippen molar-refractivity contribution in [3.8, 4) is 0 Å². The first-order valence-corrected chi connectivity index (χ1v) is 10.5. The average Bonchev–Trinajstić information content (AvgIpc) is 3.36. The molecule has 1 N–H and O–H groups in total. The molecule has 5 rings (SSSR count). The Hall–Kier alpha value is -3.22. The van der Waals surface area contributed by atoms with Gasteiger partial charge in [0.2, 0.25) is 0 Å². The van der Waals surface area contributed by atoms with Gasteiger partial charge < -0.3 is 9.47 Å². The van der Waals surface area contributed by atoms with E-state index in [0.29, 0.717) is 19.6 Å². The molecule has 1 amide bonds. The van der Waals surface area contributed by atoms with E-state index < -0.39 is 0 Å². The van der Waals surface area contributed by atoms with Gasteiger partial charge >= 0.3 is 0 Å². The molecule has 7 heteroatoms. The fourth-order valence-corrected chi connectivity index (χ4v) is 5.07. The third-order valence-electron chi connectivity index (χ3n) is 6.65. The molecule has 1 aliphatic carbocycles. The normalized spacial score (nSPS) is 20.5. The maximum absolute atomic E-state index is 13.5. The monoisotopic (exact) mass is 403 g/mol. The van der Waals surface area contributed by atoms with E-state index in [1.54, 1.807) is 23.2 Å². The van der Waals surface area contributed by atoms with Gasteiger partial charge in [0, 0.05) is 42.8 Å². The number of nitrogens with zero attached hydrogens (tertiary/aromatic N) is 4. The second-order valence-electron chi connectivity index (χ2n) is 8.55. The summed E-state index contributed by atoms with van der Waals surface area (Å²) in [6, 6.07) is 5.63. The van der Waals surface area contributed by atoms with Gasteiger partial charge in [0.1, 0.15) is 5.56 Å². The molecule has 0 aromatic carbocycles. The van der Waals surface area contributed by atoms with Crippen molar-refractivity contribution >= 4 is 5.91 Å². The fourth-order valence-electron chi connectivity index (χ4n) is 5.07. The van der Waals surface area contributed by atoms with E-state index in [9.17, 15) is 9.59 Å². The Kier molecular flexibility index (Phi) is 4.53. The van der Waals surface area contributed by atoms with E-state index in [4.69, 9.17) is 0 Å². The summed E-state index contributed by atoms with van der Waals surface area (Å²) in [5.74, 6) is -0.162. The molecule has 0 bridgehead atoms. The maximum atomic E-state index is 13.5. The molecular formula is C23H25N5O2. The Labute approximate surface area is 174 Å². The third kappa shape index (κ3) is 3.05. The lowest BCUT2D eigenvalue weighted by molar-refractivity contribution is 0.0629. The highest BCUT2D eigenvalue weighted by Gasteiger charge is 2.44. The number of hydrogen-bond donors (Lipinski definition) is 1. The number of fused-ring (bicyclic) bond motifs is 2. The van der Waals surface area contributed by atoms with Gasteiger partial charge in [-0.3, -0.25) is 19.7 Å². The van der Waals surface area contributed by atoms with Crippen molar-refractivity contribution in [2.45, 2.75) is 44.6 Å². The van der Waals surface area contributed by atoms with Crippen molar-refractivity contribution < 1.29 is 4.79 Å². The number of amides is 1. The summed E-state index contributed by atoms with van der Waals surface area (Å²) in [6.45, 7) is 3.55. The Bertz CT molecular complexity index is 1150. The molecule has 4 heterocycles. The minimum absolute atomic E-state index is 0.0584. The lowest BCUT2D eigenvalue weighted by Crippen LogP contribution is -2.49. The maximum Gasteiger partial charge on any atom is 0.263 e. The molecule has 1 unspecified atom stereocenters. The Morgan fingerprint density at radius 2 is 2.17 bits per heavy atom. The lowest BCUT2D eigenvalue weighted by Gasteiger charge is -2.40. The average molecular weight is 403 g/mol. The SMILES string of the molecule is Cc1ccn(Cc2cccnc2)c(=O)c1C(=O)N1CCCC2(CCc3cn[nH]c32)C1. The number of hydrogen-bond acceptors (Lipinski definition) is 4. The number of H-pyrrole nitrogens is 1. The first kappa shape index (κ1) is 18.8. The zero-order chi connectivity index (χ0) is 20.7. The summed E-state index contributed by atoms with van der Waals surface area (Å²) in [5.41, 5.74) is 4.07. The van der Waals surface area contributed by atoms with Crippen LogP contribution in [0.25, 0.3) is 0 Å². The van der Waals surface area contributed by atoms with Crippen LogP contribution in [-0.4, -0.2) is 43.6 Å². The summed E-state index contributed by atoms with van der Waals surface area (Å²) in [5, 5.41) is 7.39. The van der Waals surface area contributed by atoms with E-state index in [2.05, 4.69) is 15.2 Å². The van der Waals surface area contributed by atoms with Gasteiger partial charge in [-0.2, -0.15) is 5.10 Å². The molecule has 30 heavy (non-hydrogen) atoms. The second-order valence-corrected chi connectivity index (χ2v) is 8.55. The molecule has 1 aliphatic heterocycles.